The van der Waals surface area contributed by atoms with Crippen molar-refractivity contribution in [2.24, 2.45) is 0 Å². The molecule has 0 radical (unpaired) electrons. The van der Waals surface area contributed by atoms with Gasteiger partial charge in [0.1, 0.15) is 0 Å². The van der Waals surface area contributed by atoms with Gasteiger partial charge in [-0.1, -0.05) is 51.1 Å². The molecular weight excluding hydrogens is 334 g/mol. The molecule has 0 fully saturated rings. The molecule has 4 aromatic rings. The molecule has 27 heavy (non-hydrogen) atoms. The van der Waals surface area contributed by atoms with E-state index < -0.39 is 0 Å². The number of nitrogens with one attached hydrogen (secondary N) is 2. The van der Waals surface area contributed by atoms with Crippen LogP contribution in [-0.2, 0) is 12.0 Å². The second kappa shape index (κ2) is 6.54. The molecule has 4 nitrogen and oxygen atoms in total. The van der Waals surface area contributed by atoms with E-state index in [1.807, 2.05) is 36.4 Å². The van der Waals surface area contributed by atoms with Crippen LogP contribution in [0.1, 0.15) is 42.3 Å². The minimum Gasteiger partial charge on any atom is -0.348 e. The Hall–Kier alpha value is -3.14. The average molecular weight is 357 g/mol. The Kier molecular flexibility index (Phi) is 4.19. The Morgan fingerprint density at radius 2 is 1.74 bits per heavy atom. The van der Waals surface area contributed by atoms with Crippen LogP contribution in [0.4, 0.5) is 0 Å². The molecular formula is C23H23N3O. The van der Waals surface area contributed by atoms with Crippen molar-refractivity contribution in [3.8, 4) is 0 Å². The van der Waals surface area contributed by atoms with E-state index in [9.17, 15) is 4.79 Å². The molecule has 0 unspecified atom stereocenters. The summed E-state index contributed by atoms with van der Waals surface area (Å²) in [7, 11) is 0. The van der Waals surface area contributed by atoms with E-state index in [2.05, 4.69) is 54.5 Å². The van der Waals surface area contributed by atoms with Crippen molar-refractivity contribution in [1.29, 1.82) is 0 Å². The number of hydrogen-bond acceptors (Lipinski definition) is 2. The SMILES string of the molecule is CC(C)(C)c1ccc2cc(C(=O)NCc3ccc4[nH]ncc4c3)ccc2c1. The molecule has 136 valence electrons. The van der Waals surface area contributed by atoms with Crippen molar-refractivity contribution < 1.29 is 4.79 Å². The number of amides is 1. The van der Waals surface area contributed by atoms with Crippen molar-refractivity contribution >= 4 is 27.6 Å². The second-order valence-corrected chi connectivity index (χ2v) is 8.00. The third-order valence-electron chi connectivity index (χ3n) is 4.93. The molecule has 0 aliphatic carbocycles. The summed E-state index contributed by atoms with van der Waals surface area (Å²) in [6.07, 6.45) is 1.79. The molecule has 1 aromatic heterocycles. The number of nitrogens with zero attached hydrogens (tertiary/aromatic N) is 1. The summed E-state index contributed by atoms with van der Waals surface area (Å²) in [5.74, 6) is -0.0657. The van der Waals surface area contributed by atoms with Gasteiger partial charge in [-0.15, -0.1) is 0 Å². The molecule has 4 rings (SSSR count). The lowest BCUT2D eigenvalue weighted by Crippen LogP contribution is -2.22. The van der Waals surface area contributed by atoms with Crippen LogP contribution >= 0.6 is 0 Å². The topological polar surface area (TPSA) is 57.8 Å². The Morgan fingerprint density at radius 1 is 0.963 bits per heavy atom. The fourth-order valence-corrected chi connectivity index (χ4v) is 3.24. The van der Waals surface area contributed by atoms with E-state index in [0.29, 0.717) is 12.1 Å². The van der Waals surface area contributed by atoms with E-state index in [1.54, 1.807) is 6.20 Å². The number of carbonyl (C=O) groups is 1. The van der Waals surface area contributed by atoms with Crippen molar-refractivity contribution in [2.45, 2.75) is 32.7 Å². The quantitative estimate of drug-likeness (QED) is 0.545. The van der Waals surface area contributed by atoms with Gasteiger partial charge in [0.2, 0.25) is 0 Å². The number of benzene rings is 3. The van der Waals surface area contributed by atoms with Crippen LogP contribution in [0.5, 0.6) is 0 Å². The largest absolute Gasteiger partial charge is 0.348 e. The highest BCUT2D eigenvalue weighted by Crippen LogP contribution is 2.26. The van der Waals surface area contributed by atoms with Crippen LogP contribution in [0.15, 0.2) is 60.8 Å². The van der Waals surface area contributed by atoms with Gasteiger partial charge < -0.3 is 5.32 Å². The molecule has 0 aliphatic rings. The summed E-state index contributed by atoms with van der Waals surface area (Å²) in [4.78, 5) is 12.6. The zero-order valence-electron chi connectivity index (χ0n) is 15.8. The molecule has 3 aromatic carbocycles. The predicted molar refractivity (Wildman–Crippen MR) is 110 cm³/mol. The summed E-state index contributed by atoms with van der Waals surface area (Å²) in [5.41, 5.74) is 4.12. The molecule has 0 saturated carbocycles. The van der Waals surface area contributed by atoms with Gasteiger partial charge in [0.05, 0.1) is 11.7 Å². The monoisotopic (exact) mass is 357 g/mol. The van der Waals surface area contributed by atoms with Gasteiger partial charge >= 0.3 is 0 Å². The van der Waals surface area contributed by atoms with Gasteiger partial charge in [-0.25, -0.2) is 0 Å². The number of hydrogen-bond donors (Lipinski definition) is 2. The Morgan fingerprint density at radius 3 is 2.56 bits per heavy atom. The lowest BCUT2D eigenvalue weighted by molar-refractivity contribution is 0.0951. The summed E-state index contributed by atoms with van der Waals surface area (Å²) in [6.45, 7) is 7.10. The van der Waals surface area contributed by atoms with Gasteiger partial charge in [-0.05, 0) is 51.6 Å². The number of fused-ring (bicyclic) bond motifs is 2. The lowest BCUT2D eigenvalue weighted by Gasteiger charge is -2.19. The maximum Gasteiger partial charge on any atom is 0.251 e. The zero-order valence-corrected chi connectivity index (χ0v) is 15.8. The molecule has 0 aliphatic heterocycles. The van der Waals surface area contributed by atoms with Crippen LogP contribution in [0.2, 0.25) is 0 Å². The van der Waals surface area contributed by atoms with Gasteiger partial charge in [0.15, 0.2) is 0 Å². The molecule has 1 heterocycles. The fraction of sp³-hybridized carbons (Fsp3) is 0.217. The van der Waals surface area contributed by atoms with Gasteiger partial charge in [0.25, 0.3) is 5.91 Å². The van der Waals surface area contributed by atoms with E-state index in [-0.39, 0.29) is 11.3 Å². The molecule has 0 spiro atoms. The number of carbonyl (C=O) groups excluding carboxylic acids is 1. The highest BCUT2D eigenvalue weighted by atomic mass is 16.1. The minimum atomic E-state index is -0.0657. The number of aromatic nitrogens is 2. The van der Waals surface area contributed by atoms with Crippen molar-refractivity contribution in [2.75, 3.05) is 0 Å². The number of H-pyrrole nitrogens is 1. The van der Waals surface area contributed by atoms with Crippen LogP contribution in [0, 0.1) is 0 Å². The van der Waals surface area contributed by atoms with Gasteiger partial charge in [-0.2, -0.15) is 5.10 Å². The summed E-state index contributed by atoms with van der Waals surface area (Å²) >= 11 is 0. The van der Waals surface area contributed by atoms with E-state index in [4.69, 9.17) is 0 Å². The third kappa shape index (κ3) is 3.56. The summed E-state index contributed by atoms with van der Waals surface area (Å²) in [6, 6.07) is 18.3. The van der Waals surface area contributed by atoms with E-state index >= 15 is 0 Å². The molecule has 0 bridgehead atoms. The first-order valence-corrected chi connectivity index (χ1v) is 9.15. The molecule has 0 saturated heterocycles. The molecule has 2 N–H and O–H groups in total. The molecule has 4 heteroatoms. The normalized spacial score (nSPS) is 11.8. The molecule has 1 amide bonds. The van der Waals surface area contributed by atoms with Crippen molar-refractivity contribution in [1.82, 2.24) is 15.5 Å². The zero-order chi connectivity index (χ0) is 19.0. The Balaban J connectivity index is 1.51. The minimum absolute atomic E-state index is 0.0657. The fourth-order valence-electron chi connectivity index (χ4n) is 3.24. The van der Waals surface area contributed by atoms with Gasteiger partial charge in [-0.3, -0.25) is 9.89 Å². The van der Waals surface area contributed by atoms with Crippen LogP contribution in [0.3, 0.4) is 0 Å². The van der Waals surface area contributed by atoms with Gasteiger partial charge in [0, 0.05) is 17.5 Å². The standard InChI is InChI=1S/C23H23N3O/c1-23(2,3)20-8-7-16-11-18(6-5-17(16)12-20)22(27)24-13-15-4-9-21-19(10-15)14-25-26-21/h4-12,14H,13H2,1-3H3,(H,24,27)(H,25,26). The first kappa shape index (κ1) is 17.3. The third-order valence-corrected chi connectivity index (χ3v) is 4.93. The van der Waals surface area contributed by atoms with E-state index in [0.717, 1.165) is 27.2 Å². The maximum atomic E-state index is 12.6. The first-order chi connectivity index (χ1) is 12.9. The van der Waals surface area contributed by atoms with Crippen LogP contribution in [0.25, 0.3) is 21.7 Å². The summed E-state index contributed by atoms with van der Waals surface area (Å²) in [5, 5.41) is 13.2. The average Bonchev–Trinajstić information content (AvgIpc) is 3.12. The van der Waals surface area contributed by atoms with Crippen molar-refractivity contribution in [3.05, 3.63) is 77.5 Å². The first-order valence-electron chi connectivity index (χ1n) is 9.15. The van der Waals surface area contributed by atoms with Crippen LogP contribution in [-0.4, -0.2) is 16.1 Å². The number of rotatable bonds is 3. The molecule has 0 atom stereocenters. The predicted octanol–water partition coefficient (Wildman–Crippen LogP) is 4.94. The van der Waals surface area contributed by atoms with Crippen molar-refractivity contribution in [3.63, 3.8) is 0 Å². The highest BCUT2D eigenvalue weighted by Gasteiger charge is 2.14. The lowest BCUT2D eigenvalue weighted by atomic mass is 9.86. The highest BCUT2D eigenvalue weighted by molar-refractivity contribution is 5.98. The maximum absolute atomic E-state index is 12.6. The van der Waals surface area contributed by atoms with E-state index in [1.165, 1.54) is 5.56 Å². The smallest absolute Gasteiger partial charge is 0.251 e. The van der Waals surface area contributed by atoms with Crippen LogP contribution < -0.4 is 5.32 Å². The Labute approximate surface area is 158 Å². The summed E-state index contributed by atoms with van der Waals surface area (Å²) < 4.78 is 0. The second-order valence-electron chi connectivity index (χ2n) is 8.00. The number of aromatic amines is 1. The Bertz CT molecular complexity index is 1140.